The standard InChI is InChI=1S/C33H33Cl2N5O4/c1-44-30-21-24(37-32(42)25-6-2-3-7-28(25)35)9-10-26(30)33(43)40-13-4-5-22(27-20-23(34)8-11-29(27)40)19-31(41)39-17-15-38(14-12-36)16-18-39/h2-3,6-11,20-22H,4-5,13-19H2,1H3,(H,37,42). The molecule has 3 aromatic carbocycles. The molecule has 3 aromatic rings. The first kappa shape index (κ1) is 31.3. The molecule has 1 atom stereocenters. The summed E-state index contributed by atoms with van der Waals surface area (Å²) in [5, 5.41) is 12.7. The van der Waals surface area contributed by atoms with Gasteiger partial charge in [-0.15, -0.1) is 0 Å². The molecule has 2 aliphatic rings. The number of nitriles is 1. The number of carbonyl (C=O) groups excluding carboxylic acids is 3. The lowest BCUT2D eigenvalue weighted by atomic mass is 9.90. The van der Waals surface area contributed by atoms with E-state index in [0.717, 1.165) is 12.0 Å². The van der Waals surface area contributed by atoms with Crippen molar-refractivity contribution in [3.05, 3.63) is 87.4 Å². The SMILES string of the molecule is COc1cc(NC(=O)c2ccccc2Cl)ccc1C(=O)N1CCCC(CC(=O)N2CCN(CC#N)CC2)c2cc(Cl)ccc21. The normalized spacial score (nSPS) is 16.8. The summed E-state index contributed by atoms with van der Waals surface area (Å²) in [4.78, 5) is 45.8. The van der Waals surface area contributed by atoms with Gasteiger partial charge in [-0.2, -0.15) is 5.26 Å². The number of methoxy groups -OCH3 is 1. The summed E-state index contributed by atoms with van der Waals surface area (Å²) >= 11 is 12.6. The molecule has 0 bridgehead atoms. The van der Waals surface area contributed by atoms with Gasteiger partial charge in [-0.05, 0) is 66.8 Å². The minimum absolute atomic E-state index is 0.0633. The van der Waals surface area contributed by atoms with E-state index in [2.05, 4.69) is 11.4 Å². The summed E-state index contributed by atoms with van der Waals surface area (Å²) in [6.45, 7) is 3.37. The van der Waals surface area contributed by atoms with E-state index >= 15 is 0 Å². The van der Waals surface area contributed by atoms with Gasteiger partial charge >= 0.3 is 0 Å². The minimum Gasteiger partial charge on any atom is -0.496 e. The van der Waals surface area contributed by atoms with Crippen molar-refractivity contribution < 1.29 is 19.1 Å². The number of hydrogen-bond donors (Lipinski definition) is 1. The zero-order chi connectivity index (χ0) is 31.2. The van der Waals surface area contributed by atoms with Gasteiger partial charge < -0.3 is 19.9 Å². The van der Waals surface area contributed by atoms with Gasteiger partial charge in [-0.3, -0.25) is 19.3 Å². The van der Waals surface area contributed by atoms with Gasteiger partial charge in [0.1, 0.15) is 5.75 Å². The second kappa shape index (κ2) is 14.1. The number of benzene rings is 3. The first-order valence-corrected chi connectivity index (χ1v) is 15.3. The molecule has 228 valence electrons. The average Bonchev–Trinajstić information content (AvgIpc) is 3.20. The second-order valence-corrected chi connectivity index (χ2v) is 11.7. The molecule has 11 heteroatoms. The molecule has 0 aromatic heterocycles. The van der Waals surface area contributed by atoms with Gasteiger partial charge in [0.05, 0.1) is 35.9 Å². The van der Waals surface area contributed by atoms with Crippen molar-refractivity contribution in [3.63, 3.8) is 0 Å². The van der Waals surface area contributed by atoms with Crippen LogP contribution in [0.5, 0.6) is 5.75 Å². The fourth-order valence-corrected chi connectivity index (χ4v) is 6.23. The highest BCUT2D eigenvalue weighted by molar-refractivity contribution is 6.34. The first-order chi connectivity index (χ1) is 21.3. The van der Waals surface area contributed by atoms with Crippen molar-refractivity contribution in [3.8, 4) is 11.8 Å². The van der Waals surface area contributed by atoms with Gasteiger partial charge in [0.25, 0.3) is 11.8 Å². The lowest BCUT2D eigenvalue weighted by Gasteiger charge is -2.34. The third kappa shape index (κ3) is 6.99. The van der Waals surface area contributed by atoms with Crippen LogP contribution in [0.3, 0.4) is 0 Å². The van der Waals surface area contributed by atoms with E-state index in [1.165, 1.54) is 7.11 Å². The molecule has 0 spiro atoms. The first-order valence-electron chi connectivity index (χ1n) is 14.5. The van der Waals surface area contributed by atoms with E-state index in [-0.39, 0.29) is 23.6 Å². The highest BCUT2D eigenvalue weighted by Gasteiger charge is 2.31. The lowest BCUT2D eigenvalue weighted by Crippen LogP contribution is -2.48. The van der Waals surface area contributed by atoms with Crippen molar-refractivity contribution in [1.82, 2.24) is 9.80 Å². The number of nitrogens with one attached hydrogen (secondary N) is 1. The number of carbonyl (C=O) groups is 3. The Balaban J connectivity index is 1.35. The molecule has 3 amide bonds. The minimum atomic E-state index is -0.375. The number of piperazine rings is 1. The Kier molecular flexibility index (Phi) is 10.1. The maximum Gasteiger partial charge on any atom is 0.262 e. The van der Waals surface area contributed by atoms with Crippen LogP contribution in [0, 0.1) is 11.3 Å². The highest BCUT2D eigenvalue weighted by atomic mass is 35.5. The van der Waals surface area contributed by atoms with Crippen LogP contribution in [0.4, 0.5) is 11.4 Å². The maximum absolute atomic E-state index is 14.0. The Bertz CT molecular complexity index is 1600. The molecule has 1 N–H and O–H groups in total. The third-order valence-electron chi connectivity index (χ3n) is 8.15. The lowest BCUT2D eigenvalue weighted by molar-refractivity contribution is -0.133. The number of fused-ring (bicyclic) bond motifs is 1. The van der Waals surface area contributed by atoms with Crippen LogP contribution in [0.15, 0.2) is 60.7 Å². The number of rotatable bonds is 7. The number of nitrogens with zero attached hydrogens (tertiary/aromatic N) is 4. The molecule has 5 rings (SSSR count). The van der Waals surface area contributed by atoms with Crippen LogP contribution >= 0.6 is 23.2 Å². The molecule has 1 fully saturated rings. The van der Waals surface area contributed by atoms with E-state index < -0.39 is 0 Å². The largest absolute Gasteiger partial charge is 0.496 e. The topological polar surface area (TPSA) is 106 Å². The van der Waals surface area contributed by atoms with Crippen LogP contribution < -0.4 is 15.0 Å². The van der Waals surface area contributed by atoms with Crippen LogP contribution in [0.25, 0.3) is 0 Å². The molecule has 2 heterocycles. The molecule has 0 radical (unpaired) electrons. The average molecular weight is 635 g/mol. The summed E-state index contributed by atoms with van der Waals surface area (Å²) in [6, 6.07) is 19.3. The Morgan fingerprint density at radius 1 is 0.977 bits per heavy atom. The Morgan fingerprint density at radius 3 is 2.48 bits per heavy atom. The quantitative estimate of drug-likeness (QED) is 0.328. The van der Waals surface area contributed by atoms with Crippen molar-refractivity contribution in [2.75, 3.05) is 56.6 Å². The predicted octanol–water partition coefficient (Wildman–Crippen LogP) is 5.84. The van der Waals surface area contributed by atoms with Crippen LogP contribution in [0.1, 0.15) is 51.5 Å². The molecule has 0 saturated carbocycles. The second-order valence-electron chi connectivity index (χ2n) is 10.9. The van der Waals surface area contributed by atoms with Crippen LogP contribution in [-0.2, 0) is 4.79 Å². The van der Waals surface area contributed by atoms with Gasteiger partial charge in [-0.1, -0.05) is 35.3 Å². The Labute approximate surface area is 266 Å². The van der Waals surface area contributed by atoms with Gasteiger partial charge in [0, 0.05) is 61.6 Å². The molecule has 2 aliphatic heterocycles. The highest BCUT2D eigenvalue weighted by Crippen LogP contribution is 2.40. The number of anilines is 2. The van der Waals surface area contributed by atoms with Gasteiger partial charge in [0.2, 0.25) is 5.91 Å². The summed E-state index contributed by atoms with van der Waals surface area (Å²) in [6.07, 6.45) is 1.73. The van der Waals surface area contributed by atoms with Crippen molar-refractivity contribution in [2.45, 2.75) is 25.2 Å². The van der Waals surface area contributed by atoms with Gasteiger partial charge in [-0.25, -0.2) is 0 Å². The van der Waals surface area contributed by atoms with Crippen molar-refractivity contribution in [2.24, 2.45) is 0 Å². The fourth-order valence-electron chi connectivity index (χ4n) is 5.82. The van der Waals surface area contributed by atoms with Crippen molar-refractivity contribution >= 4 is 52.3 Å². The summed E-state index contributed by atoms with van der Waals surface area (Å²) in [5.41, 5.74) is 2.71. The number of ether oxygens (including phenoxy) is 1. The van der Waals surface area contributed by atoms with E-state index in [0.29, 0.717) is 90.4 Å². The monoisotopic (exact) mass is 633 g/mol. The van der Waals surface area contributed by atoms with E-state index in [1.54, 1.807) is 53.4 Å². The number of amides is 3. The molecule has 0 aliphatic carbocycles. The third-order valence-corrected chi connectivity index (χ3v) is 8.71. The summed E-state index contributed by atoms with van der Waals surface area (Å²) in [7, 11) is 1.48. The Morgan fingerprint density at radius 2 is 1.75 bits per heavy atom. The molecule has 1 saturated heterocycles. The number of hydrogen-bond acceptors (Lipinski definition) is 6. The zero-order valence-corrected chi connectivity index (χ0v) is 25.9. The van der Waals surface area contributed by atoms with Gasteiger partial charge in [0.15, 0.2) is 0 Å². The smallest absolute Gasteiger partial charge is 0.262 e. The maximum atomic E-state index is 14.0. The van der Waals surface area contributed by atoms with E-state index in [1.807, 2.05) is 21.9 Å². The Hall–Kier alpha value is -4.10. The van der Waals surface area contributed by atoms with Crippen molar-refractivity contribution in [1.29, 1.82) is 5.26 Å². The zero-order valence-electron chi connectivity index (χ0n) is 24.4. The van der Waals surface area contributed by atoms with Crippen LogP contribution in [0.2, 0.25) is 10.0 Å². The van der Waals surface area contributed by atoms with E-state index in [9.17, 15) is 14.4 Å². The number of halogens is 2. The molecule has 44 heavy (non-hydrogen) atoms. The predicted molar refractivity (Wildman–Crippen MR) is 171 cm³/mol. The summed E-state index contributed by atoms with van der Waals surface area (Å²) in [5.74, 6) is -0.354. The fraction of sp³-hybridized carbons (Fsp3) is 0.333. The van der Waals surface area contributed by atoms with Crippen LogP contribution in [-0.4, -0.2) is 73.9 Å². The molecule has 1 unspecified atom stereocenters. The molecular formula is C33H33Cl2N5O4. The molecular weight excluding hydrogens is 601 g/mol. The van der Waals surface area contributed by atoms with E-state index in [4.69, 9.17) is 33.2 Å². The summed E-state index contributed by atoms with van der Waals surface area (Å²) < 4.78 is 5.59. The molecule has 9 nitrogen and oxygen atoms in total.